The fourth-order valence-corrected chi connectivity index (χ4v) is 1.26. The number of hydrogen-bond acceptors (Lipinski definition) is 2. The second-order valence-electron chi connectivity index (χ2n) is 2.35. The second kappa shape index (κ2) is 2.78. The van der Waals surface area contributed by atoms with Crippen molar-refractivity contribution in [2.75, 3.05) is 0 Å². The van der Waals surface area contributed by atoms with Gasteiger partial charge in [0.05, 0.1) is 0 Å². The third-order valence-corrected chi connectivity index (χ3v) is 1.74. The van der Waals surface area contributed by atoms with Crippen LogP contribution in [0.2, 0.25) is 0 Å². The predicted octanol–water partition coefficient (Wildman–Crippen LogP) is 1.60. The Morgan fingerprint density at radius 1 is 1.30 bits per heavy atom. The highest BCUT2D eigenvalue weighted by atomic mass is 14.8. The third kappa shape index (κ3) is 1.01. The summed E-state index contributed by atoms with van der Waals surface area (Å²) in [5, 5.41) is 0. The van der Waals surface area contributed by atoms with Crippen LogP contribution < -0.4 is 0 Å². The summed E-state index contributed by atoms with van der Waals surface area (Å²) in [6.07, 6.45) is 7.14. The number of rotatable bonds is 0. The highest BCUT2D eigenvalue weighted by Gasteiger charge is 2.09. The van der Waals surface area contributed by atoms with Crippen LogP contribution in [-0.4, -0.2) is 9.97 Å². The van der Waals surface area contributed by atoms with Gasteiger partial charge in [-0.15, -0.1) is 0 Å². The molecule has 1 aromatic rings. The monoisotopic (exact) mass is 136 g/mol. The molecule has 10 heavy (non-hydrogen) atoms. The molecule has 0 aromatic carbocycles. The summed E-state index contributed by atoms with van der Waals surface area (Å²) in [6, 6.07) is 0. The van der Waals surface area contributed by atoms with Crippen LogP contribution in [0.3, 0.4) is 0 Å². The molecule has 0 aliphatic heterocycles. The Hall–Kier alpha value is -0.920. The molecule has 0 N–H and O–H groups in total. The molecule has 0 atom stereocenters. The topological polar surface area (TPSA) is 25.8 Å². The van der Waals surface area contributed by atoms with Gasteiger partial charge in [0.1, 0.15) is 6.33 Å². The van der Waals surface area contributed by atoms with Crippen molar-refractivity contribution >= 4 is 0 Å². The van der Waals surface area contributed by atoms with Crippen LogP contribution >= 0.6 is 0 Å². The molecular formula is C8H12N2. The molecule has 0 bridgehead atoms. The van der Waals surface area contributed by atoms with Gasteiger partial charge in [-0.1, -0.05) is 7.43 Å². The quantitative estimate of drug-likeness (QED) is 0.541. The summed E-state index contributed by atoms with van der Waals surface area (Å²) >= 11 is 0. The normalized spacial score (nSPS) is 14.0. The van der Waals surface area contributed by atoms with Gasteiger partial charge in [-0.25, -0.2) is 9.97 Å². The largest absolute Gasteiger partial charge is 0.245 e. The van der Waals surface area contributed by atoms with Crippen LogP contribution in [0.25, 0.3) is 0 Å². The Morgan fingerprint density at radius 3 is 3.00 bits per heavy atom. The Balaban J connectivity index is 0.000000500. The summed E-state index contributed by atoms with van der Waals surface area (Å²) in [4.78, 5) is 8.09. The van der Waals surface area contributed by atoms with E-state index < -0.39 is 0 Å². The van der Waals surface area contributed by atoms with Crippen molar-refractivity contribution in [3.63, 3.8) is 0 Å². The first-order valence-corrected chi connectivity index (χ1v) is 3.24. The lowest BCUT2D eigenvalue weighted by Gasteiger charge is -1.91. The van der Waals surface area contributed by atoms with Gasteiger partial charge in [-0.05, 0) is 24.8 Å². The molecule has 0 saturated heterocycles. The van der Waals surface area contributed by atoms with Gasteiger partial charge in [-0.2, -0.15) is 0 Å². The Bertz CT molecular complexity index is 197. The third-order valence-electron chi connectivity index (χ3n) is 1.74. The fourth-order valence-electron chi connectivity index (χ4n) is 1.26. The lowest BCUT2D eigenvalue weighted by Crippen LogP contribution is -1.87. The maximum atomic E-state index is 4.15. The van der Waals surface area contributed by atoms with Gasteiger partial charge >= 0.3 is 0 Å². The van der Waals surface area contributed by atoms with E-state index in [9.17, 15) is 0 Å². The van der Waals surface area contributed by atoms with Crippen molar-refractivity contribution in [1.82, 2.24) is 9.97 Å². The minimum atomic E-state index is 0. The van der Waals surface area contributed by atoms with Crippen molar-refractivity contribution < 1.29 is 0 Å². The summed E-state index contributed by atoms with van der Waals surface area (Å²) < 4.78 is 0. The molecule has 2 nitrogen and oxygen atoms in total. The first-order valence-electron chi connectivity index (χ1n) is 3.24. The van der Waals surface area contributed by atoms with Gasteiger partial charge in [0.2, 0.25) is 0 Å². The smallest absolute Gasteiger partial charge is 0.115 e. The number of fused-ring (bicyclic) bond motifs is 1. The fraction of sp³-hybridized carbons (Fsp3) is 0.500. The van der Waals surface area contributed by atoms with Crippen molar-refractivity contribution in [3.05, 3.63) is 23.8 Å². The first kappa shape index (κ1) is 7.19. The van der Waals surface area contributed by atoms with E-state index in [1.54, 1.807) is 6.33 Å². The summed E-state index contributed by atoms with van der Waals surface area (Å²) in [5.74, 6) is 0. The molecule has 0 amide bonds. The zero-order valence-electron chi connectivity index (χ0n) is 5.17. The van der Waals surface area contributed by atoms with Crippen LogP contribution in [0.1, 0.15) is 25.1 Å². The lowest BCUT2D eigenvalue weighted by atomic mass is 10.3. The summed E-state index contributed by atoms with van der Waals surface area (Å²) in [6.45, 7) is 0. The summed E-state index contributed by atoms with van der Waals surface area (Å²) in [5.41, 5.74) is 2.60. The molecule has 0 saturated carbocycles. The zero-order chi connectivity index (χ0) is 6.10. The molecule has 0 radical (unpaired) electrons. The van der Waals surface area contributed by atoms with E-state index in [1.807, 2.05) is 6.20 Å². The molecule has 0 unspecified atom stereocenters. The maximum Gasteiger partial charge on any atom is 0.115 e. The van der Waals surface area contributed by atoms with Crippen molar-refractivity contribution in [2.24, 2.45) is 0 Å². The van der Waals surface area contributed by atoms with Crippen LogP contribution in [0.15, 0.2) is 12.5 Å². The van der Waals surface area contributed by atoms with Crippen molar-refractivity contribution in [2.45, 2.75) is 26.7 Å². The molecular weight excluding hydrogens is 124 g/mol. The van der Waals surface area contributed by atoms with Gasteiger partial charge in [-0.3, -0.25) is 0 Å². The highest BCUT2D eigenvalue weighted by Crippen LogP contribution is 2.16. The number of nitrogens with zero attached hydrogens (tertiary/aromatic N) is 2. The Morgan fingerprint density at radius 2 is 2.20 bits per heavy atom. The maximum absolute atomic E-state index is 4.15. The predicted molar refractivity (Wildman–Crippen MR) is 40.8 cm³/mol. The average molecular weight is 136 g/mol. The molecule has 1 aliphatic carbocycles. The Labute approximate surface area is 61.3 Å². The standard InChI is InChI=1S/C7H8N2.CH4/c1-2-6-4-8-5-9-7(6)3-1;/h4-5H,1-3H2;1H4. The molecule has 1 aromatic heterocycles. The molecule has 54 valence electrons. The molecule has 2 heteroatoms. The molecule has 0 fully saturated rings. The van der Waals surface area contributed by atoms with Crippen molar-refractivity contribution in [1.29, 1.82) is 0 Å². The minimum Gasteiger partial charge on any atom is -0.245 e. The van der Waals surface area contributed by atoms with E-state index in [0.717, 1.165) is 6.42 Å². The minimum absolute atomic E-state index is 0. The number of hydrogen-bond donors (Lipinski definition) is 0. The average Bonchev–Trinajstić information content (AvgIpc) is 2.33. The lowest BCUT2D eigenvalue weighted by molar-refractivity contribution is 0.899. The van der Waals surface area contributed by atoms with Gasteiger partial charge < -0.3 is 0 Å². The first-order chi connectivity index (χ1) is 4.47. The van der Waals surface area contributed by atoms with E-state index >= 15 is 0 Å². The second-order valence-corrected chi connectivity index (χ2v) is 2.35. The molecule has 2 rings (SSSR count). The van der Waals surface area contributed by atoms with Gasteiger partial charge in [0, 0.05) is 11.9 Å². The van der Waals surface area contributed by atoms with E-state index in [1.165, 1.54) is 24.1 Å². The number of aryl methyl sites for hydroxylation is 2. The van der Waals surface area contributed by atoms with Crippen LogP contribution in [0, 0.1) is 0 Å². The Kier molecular flexibility index (Phi) is 2.00. The summed E-state index contributed by atoms with van der Waals surface area (Å²) in [7, 11) is 0. The SMILES string of the molecule is C.c1ncc2c(n1)CCC2. The van der Waals surface area contributed by atoms with E-state index in [4.69, 9.17) is 0 Å². The molecule has 0 spiro atoms. The number of aromatic nitrogens is 2. The van der Waals surface area contributed by atoms with E-state index in [2.05, 4.69) is 9.97 Å². The highest BCUT2D eigenvalue weighted by molar-refractivity contribution is 5.20. The van der Waals surface area contributed by atoms with E-state index in [-0.39, 0.29) is 7.43 Å². The van der Waals surface area contributed by atoms with Crippen LogP contribution in [-0.2, 0) is 12.8 Å². The molecule has 1 aliphatic rings. The van der Waals surface area contributed by atoms with E-state index in [0.29, 0.717) is 0 Å². The molecule has 1 heterocycles. The van der Waals surface area contributed by atoms with Crippen LogP contribution in [0.4, 0.5) is 0 Å². The van der Waals surface area contributed by atoms with Gasteiger partial charge in [0.15, 0.2) is 0 Å². The van der Waals surface area contributed by atoms with Gasteiger partial charge in [0.25, 0.3) is 0 Å². The van der Waals surface area contributed by atoms with Crippen LogP contribution in [0.5, 0.6) is 0 Å². The zero-order valence-corrected chi connectivity index (χ0v) is 5.17. The van der Waals surface area contributed by atoms with Crippen molar-refractivity contribution in [3.8, 4) is 0 Å².